The van der Waals surface area contributed by atoms with Crippen LogP contribution in [0.5, 0.6) is 0 Å². The van der Waals surface area contributed by atoms with Crippen LogP contribution in [0.25, 0.3) is 11.7 Å². The summed E-state index contributed by atoms with van der Waals surface area (Å²) in [5.74, 6) is 0.373. The highest BCUT2D eigenvalue weighted by Gasteiger charge is 2.30. The molecule has 0 aliphatic carbocycles. The second-order valence-corrected chi connectivity index (χ2v) is 9.89. The van der Waals surface area contributed by atoms with Crippen molar-refractivity contribution in [1.29, 1.82) is 0 Å². The van der Waals surface area contributed by atoms with E-state index in [0.717, 1.165) is 18.8 Å². The molecule has 7 nitrogen and oxygen atoms in total. The first-order valence-electron chi connectivity index (χ1n) is 10.4. The molecule has 168 valence electrons. The van der Waals surface area contributed by atoms with Gasteiger partial charge in [-0.05, 0) is 36.4 Å². The van der Waals surface area contributed by atoms with Crippen LogP contribution in [0.3, 0.4) is 0 Å². The minimum Gasteiger partial charge on any atom is -0.368 e. The highest BCUT2D eigenvalue weighted by atomic mass is 35.5. The van der Waals surface area contributed by atoms with E-state index in [1.165, 1.54) is 21.1 Å². The first-order chi connectivity index (χ1) is 15.9. The maximum absolute atomic E-state index is 13.4. The fraction of sp³-hybridized carbons (Fsp3) is 0.217. The van der Waals surface area contributed by atoms with Gasteiger partial charge in [0.25, 0.3) is 11.5 Å². The summed E-state index contributed by atoms with van der Waals surface area (Å²) in [7, 11) is 1.64. The number of likely N-dealkylation sites (N-methyl/N-ethyl adjacent to an activating group) is 1. The van der Waals surface area contributed by atoms with Gasteiger partial charge in [-0.15, -0.1) is 0 Å². The number of anilines is 2. The van der Waals surface area contributed by atoms with E-state index in [9.17, 15) is 9.59 Å². The summed E-state index contributed by atoms with van der Waals surface area (Å²) < 4.78 is 1.97. The van der Waals surface area contributed by atoms with Crippen LogP contribution < -0.4 is 15.4 Å². The Bertz CT molecular complexity index is 1360. The summed E-state index contributed by atoms with van der Waals surface area (Å²) >= 11 is 12.6. The van der Waals surface area contributed by atoms with E-state index in [-0.39, 0.29) is 11.5 Å². The lowest BCUT2D eigenvalue weighted by atomic mass is 10.2. The Kier molecular flexibility index (Phi) is 5.86. The Morgan fingerprint density at radius 2 is 1.82 bits per heavy atom. The van der Waals surface area contributed by atoms with Gasteiger partial charge in [0.15, 0.2) is 0 Å². The molecule has 0 unspecified atom stereocenters. The Morgan fingerprint density at radius 3 is 2.52 bits per heavy atom. The molecular weight excluding hydrogens is 478 g/mol. The molecule has 2 fully saturated rings. The molecule has 1 aromatic carbocycles. The number of halogens is 1. The zero-order valence-corrected chi connectivity index (χ0v) is 20.2. The van der Waals surface area contributed by atoms with Gasteiger partial charge in [0.1, 0.15) is 15.8 Å². The molecule has 0 bridgehead atoms. The Morgan fingerprint density at radius 1 is 1.06 bits per heavy atom. The van der Waals surface area contributed by atoms with Crippen molar-refractivity contribution < 1.29 is 4.79 Å². The summed E-state index contributed by atoms with van der Waals surface area (Å²) in [6.07, 6.45) is 3.32. The van der Waals surface area contributed by atoms with Crippen molar-refractivity contribution in [3.05, 3.63) is 74.5 Å². The molecule has 0 radical (unpaired) electrons. The van der Waals surface area contributed by atoms with E-state index < -0.39 is 0 Å². The van der Waals surface area contributed by atoms with E-state index >= 15 is 0 Å². The molecule has 2 aliphatic rings. The van der Waals surface area contributed by atoms with Crippen molar-refractivity contribution in [2.75, 3.05) is 43.0 Å². The highest BCUT2D eigenvalue weighted by Crippen LogP contribution is 2.32. The third-order valence-corrected chi connectivity index (χ3v) is 7.48. The monoisotopic (exact) mass is 497 g/mol. The van der Waals surface area contributed by atoms with Gasteiger partial charge in [-0.2, -0.15) is 0 Å². The molecule has 33 heavy (non-hydrogen) atoms. The number of benzene rings is 1. The van der Waals surface area contributed by atoms with Crippen molar-refractivity contribution in [1.82, 2.24) is 14.3 Å². The second-order valence-electron chi connectivity index (χ2n) is 7.78. The van der Waals surface area contributed by atoms with Crippen molar-refractivity contribution in [2.24, 2.45) is 0 Å². The number of piperazine rings is 1. The molecule has 10 heteroatoms. The Labute approximate surface area is 205 Å². The van der Waals surface area contributed by atoms with Crippen LogP contribution in [0.1, 0.15) is 5.56 Å². The number of hydrogen-bond acceptors (Lipinski definition) is 7. The van der Waals surface area contributed by atoms with Crippen molar-refractivity contribution in [3.63, 3.8) is 0 Å². The zero-order valence-electron chi connectivity index (χ0n) is 17.8. The number of aromatic nitrogens is 2. The van der Waals surface area contributed by atoms with Crippen molar-refractivity contribution in [2.45, 2.75) is 0 Å². The fourth-order valence-corrected chi connectivity index (χ4v) is 5.33. The van der Waals surface area contributed by atoms with Crippen molar-refractivity contribution in [3.8, 4) is 0 Å². The number of carbonyl (C=O) groups excluding carboxylic acids is 1. The topological polar surface area (TPSA) is 61.2 Å². The summed E-state index contributed by atoms with van der Waals surface area (Å²) in [5, 5.41) is 0.703. The first kappa shape index (κ1) is 21.9. The van der Waals surface area contributed by atoms with Crippen LogP contribution in [0.15, 0.2) is 58.4 Å². The molecule has 4 heterocycles. The second kappa shape index (κ2) is 8.81. The minimum atomic E-state index is -0.214. The number of thioether (sulfide) groups is 1. The number of thiocarbonyl (C=S) groups is 1. The van der Waals surface area contributed by atoms with E-state index in [0.29, 0.717) is 44.4 Å². The molecule has 1 amide bonds. The average molecular weight is 498 g/mol. The summed E-state index contributed by atoms with van der Waals surface area (Å²) in [4.78, 5) is 37.1. The van der Waals surface area contributed by atoms with E-state index in [1.807, 2.05) is 36.4 Å². The fourth-order valence-electron chi connectivity index (χ4n) is 3.98. The number of nitrogens with zero attached hydrogens (tertiary/aromatic N) is 5. The largest absolute Gasteiger partial charge is 0.368 e. The SMILES string of the molecule is CN1C(=O)C(=Cc2c(N3CCN(c4cccc(Cl)c4)CC3)nc3ccccn3c2=O)SC1=S. The number of rotatable bonds is 3. The van der Waals surface area contributed by atoms with Gasteiger partial charge in [0, 0.05) is 50.1 Å². The Balaban J connectivity index is 1.53. The molecule has 2 saturated heterocycles. The van der Waals surface area contributed by atoms with Gasteiger partial charge in [-0.1, -0.05) is 47.7 Å². The highest BCUT2D eigenvalue weighted by molar-refractivity contribution is 8.26. The minimum absolute atomic E-state index is 0.209. The smallest absolute Gasteiger partial charge is 0.267 e. The molecule has 2 aliphatic heterocycles. The molecule has 0 spiro atoms. The third kappa shape index (κ3) is 4.12. The number of carbonyl (C=O) groups is 1. The molecule has 0 N–H and O–H groups in total. The summed E-state index contributed by atoms with van der Waals surface area (Å²) in [5.41, 5.74) is 1.81. The van der Waals surface area contributed by atoms with Crippen LogP contribution in [-0.2, 0) is 4.79 Å². The van der Waals surface area contributed by atoms with E-state index in [2.05, 4.69) is 9.80 Å². The normalized spacial score (nSPS) is 18.1. The van der Waals surface area contributed by atoms with Crippen LogP contribution >= 0.6 is 35.6 Å². The molecule has 0 saturated carbocycles. The average Bonchev–Trinajstić information content (AvgIpc) is 3.07. The van der Waals surface area contributed by atoms with Crippen LogP contribution in [0.4, 0.5) is 11.5 Å². The predicted octanol–water partition coefficient (Wildman–Crippen LogP) is 3.51. The lowest BCUT2D eigenvalue weighted by Gasteiger charge is -2.37. The number of fused-ring (bicyclic) bond motifs is 1. The molecule has 0 atom stereocenters. The van der Waals surface area contributed by atoms with E-state index in [4.69, 9.17) is 28.8 Å². The molecule has 5 rings (SSSR count). The van der Waals surface area contributed by atoms with Crippen LogP contribution in [0, 0.1) is 0 Å². The standard InChI is InChI=1S/C23H20ClN5O2S2/c1-26-22(31)18(33-23(26)32)14-17-20(25-19-7-2-3-8-29(19)21(17)30)28-11-9-27(10-12-28)16-6-4-5-15(24)13-16/h2-8,13-14H,9-12H2,1H3. The molecular formula is C23H20ClN5O2S2. The molecule has 3 aromatic rings. The summed E-state index contributed by atoms with van der Waals surface area (Å²) in [6, 6.07) is 13.2. The molecule has 2 aromatic heterocycles. The maximum atomic E-state index is 13.4. The quantitative estimate of drug-likeness (QED) is 0.405. The van der Waals surface area contributed by atoms with Crippen LogP contribution in [-0.4, -0.2) is 57.7 Å². The van der Waals surface area contributed by atoms with Gasteiger partial charge < -0.3 is 9.80 Å². The van der Waals surface area contributed by atoms with Gasteiger partial charge in [-0.3, -0.25) is 18.9 Å². The zero-order chi connectivity index (χ0) is 23.1. The number of hydrogen-bond donors (Lipinski definition) is 0. The van der Waals surface area contributed by atoms with Gasteiger partial charge in [0.2, 0.25) is 0 Å². The lowest BCUT2D eigenvalue weighted by molar-refractivity contribution is -0.121. The van der Waals surface area contributed by atoms with Crippen LogP contribution in [0.2, 0.25) is 5.02 Å². The van der Waals surface area contributed by atoms with E-state index in [1.54, 1.807) is 25.4 Å². The maximum Gasteiger partial charge on any atom is 0.267 e. The number of amides is 1. The van der Waals surface area contributed by atoms with Gasteiger partial charge >= 0.3 is 0 Å². The van der Waals surface area contributed by atoms with Crippen molar-refractivity contribution >= 4 is 69.0 Å². The third-order valence-electron chi connectivity index (χ3n) is 5.76. The van der Waals surface area contributed by atoms with Gasteiger partial charge in [0.05, 0.1) is 10.5 Å². The summed E-state index contributed by atoms with van der Waals surface area (Å²) in [6.45, 7) is 2.87. The predicted molar refractivity (Wildman–Crippen MR) is 138 cm³/mol. The number of pyridine rings is 1. The lowest BCUT2D eigenvalue weighted by Crippen LogP contribution is -2.47. The van der Waals surface area contributed by atoms with Gasteiger partial charge in [-0.25, -0.2) is 4.98 Å². The Hall–Kier alpha value is -2.88. The first-order valence-corrected chi connectivity index (χ1v) is 12.0.